The van der Waals surface area contributed by atoms with Gasteiger partial charge in [-0.3, -0.25) is 4.79 Å². The summed E-state index contributed by atoms with van der Waals surface area (Å²) in [7, 11) is 0. The van der Waals surface area contributed by atoms with Crippen LogP contribution in [0, 0.1) is 5.92 Å². The monoisotopic (exact) mass is 219 g/mol. The minimum atomic E-state index is 0.103. The molecule has 2 nitrogen and oxygen atoms in total. The molecule has 1 aromatic rings. The smallest absolute Gasteiger partial charge is 0.137 e. The summed E-state index contributed by atoms with van der Waals surface area (Å²) in [6, 6.07) is 10.0. The molecule has 1 unspecified atom stereocenters. The summed E-state index contributed by atoms with van der Waals surface area (Å²) in [6.07, 6.45) is 2.81. The van der Waals surface area contributed by atoms with Crippen molar-refractivity contribution >= 4 is 11.5 Å². The Labute approximate surface area is 98.1 Å². The van der Waals surface area contributed by atoms with Crippen molar-refractivity contribution in [1.82, 2.24) is 0 Å². The van der Waals surface area contributed by atoms with Crippen molar-refractivity contribution in [3.8, 4) is 0 Å². The van der Waals surface area contributed by atoms with Crippen LogP contribution in [0.15, 0.2) is 30.3 Å². The van der Waals surface area contributed by atoms with Gasteiger partial charge in [0.15, 0.2) is 0 Å². The zero-order chi connectivity index (χ0) is 11.8. The van der Waals surface area contributed by atoms with Crippen LogP contribution in [-0.4, -0.2) is 12.3 Å². The van der Waals surface area contributed by atoms with Crippen molar-refractivity contribution in [2.24, 2.45) is 5.92 Å². The van der Waals surface area contributed by atoms with E-state index in [1.54, 1.807) is 0 Å². The summed E-state index contributed by atoms with van der Waals surface area (Å²) in [5.74, 6) is 0.469. The van der Waals surface area contributed by atoms with Crippen LogP contribution in [0.1, 0.15) is 33.1 Å². The minimum Gasteiger partial charge on any atom is -0.384 e. The number of hydrogen-bond donors (Lipinski definition) is 1. The molecule has 0 saturated heterocycles. The fraction of sp³-hybridized carbons (Fsp3) is 0.500. The quantitative estimate of drug-likeness (QED) is 0.760. The number of hydrogen-bond acceptors (Lipinski definition) is 2. The Hall–Kier alpha value is -1.31. The molecule has 0 aliphatic heterocycles. The third-order valence-electron chi connectivity index (χ3n) is 2.71. The van der Waals surface area contributed by atoms with Crippen LogP contribution in [0.3, 0.4) is 0 Å². The van der Waals surface area contributed by atoms with E-state index in [4.69, 9.17) is 0 Å². The molecule has 1 atom stereocenters. The molecule has 1 rings (SSSR count). The topological polar surface area (TPSA) is 29.1 Å². The van der Waals surface area contributed by atoms with E-state index in [0.29, 0.717) is 12.2 Å². The maximum atomic E-state index is 11.7. The second kappa shape index (κ2) is 7.04. The summed E-state index contributed by atoms with van der Waals surface area (Å²) in [4.78, 5) is 11.7. The molecule has 0 spiro atoms. The first kappa shape index (κ1) is 12.8. The molecule has 2 heteroatoms. The van der Waals surface area contributed by atoms with Crippen molar-refractivity contribution in [1.29, 1.82) is 0 Å². The molecule has 1 aromatic carbocycles. The van der Waals surface area contributed by atoms with Crippen LogP contribution >= 0.6 is 0 Å². The maximum Gasteiger partial charge on any atom is 0.137 e. The predicted octanol–water partition coefficient (Wildman–Crippen LogP) is 3.49. The van der Waals surface area contributed by atoms with E-state index in [2.05, 4.69) is 12.2 Å². The van der Waals surface area contributed by atoms with E-state index in [1.165, 1.54) is 0 Å². The number of nitrogens with one attached hydrogen (secondary N) is 1. The van der Waals surface area contributed by atoms with Gasteiger partial charge >= 0.3 is 0 Å². The first-order chi connectivity index (χ1) is 7.74. The summed E-state index contributed by atoms with van der Waals surface area (Å²) < 4.78 is 0. The molecule has 0 fully saturated rings. The normalized spacial score (nSPS) is 12.1. The van der Waals surface area contributed by atoms with Gasteiger partial charge in [-0.25, -0.2) is 0 Å². The largest absolute Gasteiger partial charge is 0.384 e. The van der Waals surface area contributed by atoms with E-state index in [1.807, 2.05) is 37.3 Å². The molecule has 1 N–H and O–H groups in total. The molecule has 0 aromatic heterocycles. The number of Topliss-reactive ketones (excluding diaryl/α,β-unsaturated/α-hetero) is 1. The Bertz CT molecular complexity index is 308. The summed E-state index contributed by atoms with van der Waals surface area (Å²) in [6.45, 7) is 4.83. The van der Waals surface area contributed by atoms with Gasteiger partial charge in [-0.2, -0.15) is 0 Å². The molecular formula is C14H21NO. The number of rotatable bonds is 7. The lowest BCUT2D eigenvalue weighted by molar-refractivity contribution is -0.122. The molecule has 16 heavy (non-hydrogen) atoms. The van der Waals surface area contributed by atoms with Gasteiger partial charge in [-0.1, -0.05) is 38.5 Å². The lowest BCUT2D eigenvalue weighted by Gasteiger charge is -2.12. The molecular weight excluding hydrogens is 198 g/mol. The fourth-order valence-electron chi connectivity index (χ4n) is 1.54. The lowest BCUT2D eigenvalue weighted by Crippen LogP contribution is -2.20. The van der Waals surface area contributed by atoms with Crippen molar-refractivity contribution < 1.29 is 4.79 Å². The highest BCUT2D eigenvalue weighted by atomic mass is 16.1. The summed E-state index contributed by atoms with van der Waals surface area (Å²) in [5.41, 5.74) is 1.08. The number of anilines is 1. The van der Waals surface area contributed by atoms with Crippen LogP contribution in [0.25, 0.3) is 0 Å². The molecule has 0 aliphatic rings. The van der Waals surface area contributed by atoms with Crippen molar-refractivity contribution in [2.75, 3.05) is 11.9 Å². The SMILES string of the molecule is CCCCC(=O)C(C)CNc1ccccc1. The van der Waals surface area contributed by atoms with E-state index in [9.17, 15) is 4.79 Å². The zero-order valence-corrected chi connectivity index (χ0v) is 10.2. The van der Waals surface area contributed by atoms with Gasteiger partial charge in [0.25, 0.3) is 0 Å². The summed E-state index contributed by atoms with van der Waals surface area (Å²) in [5, 5.41) is 3.28. The van der Waals surface area contributed by atoms with E-state index in [-0.39, 0.29) is 5.92 Å². The van der Waals surface area contributed by atoms with Crippen LogP contribution in [0.5, 0.6) is 0 Å². The van der Waals surface area contributed by atoms with Crippen LogP contribution in [0.4, 0.5) is 5.69 Å². The standard InChI is InChI=1S/C14H21NO/c1-3-4-10-14(16)12(2)11-15-13-8-6-5-7-9-13/h5-9,12,15H,3-4,10-11H2,1-2H3. The Balaban J connectivity index is 2.29. The Morgan fingerprint density at radius 1 is 1.31 bits per heavy atom. The molecule has 0 heterocycles. The van der Waals surface area contributed by atoms with E-state index >= 15 is 0 Å². The number of para-hydroxylation sites is 1. The molecule has 0 aliphatic carbocycles. The third kappa shape index (κ3) is 4.47. The van der Waals surface area contributed by atoms with Gasteiger partial charge < -0.3 is 5.32 Å². The maximum absolute atomic E-state index is 11.7. The highest BCUT2D eigenvalue weighted by Crippen LogP contribution is 2.09. The fourth-order valence-corrected chi connectivity index (χ4v) is 1.54. The van der Waals surface area contributed by atoms with Gasteiger partial charge in [-0.15, -0.1) is 0 Å². The second-order valence-corrected chi connectivity index (χ2v) is 4.22. The Morgan fingerprint density at radius 2 is 2.00 bits per heavy atom. The minimum absolute atomic E-state index is 0.103. The Kier molecular flexibility index (Phi) is 5.62. The number of unbranched alkanes of at least 4 members (excludes halogenated alkanes) is 1. The molecule has 0 saturated carbocycles. The van der Waals surface area contributed by atoms with Crippen molar-refractivity contribution in [3.63, 3.8) is 0 Å². The number of ketones is 1. The van der Waals surface area contributed by atoms with Crippen molar-refractivity contribution in [3.05, 3.63) is 30.3 Å². The van der Waals surface area contributed by atoms with Crippen molar-refractivity contribution in [2.45, 2.75) is 33.1 Å². The number of benzene rings is 1. The lowest BCUT2D eigenvalue weighted by atomic mass is 10.0. The summed E-state index contributed by atoms with van der Waals surface area (Å²) >= 11 is 0. The van der Waals surface area contributed by atoms with E-state index < -0.39 is 0 Å². The molecule has 88 valence electrons. The molecule has 0 amide bonds. The number of carbonyl (C=O) groups is 1. The first-order valence-corrected chi connectivity index (χ1v) is 6.05. The second-order valence-electron chi connectivity index (χ2n) is 4.22. The van der Waals surface area contributed by atoms with Gasteiger partial charge in [0.1, 0.15) is 5.78 Å². The van der Waals surface area contributed by atoms with Crippen LogP contribution in [0.2, 0.25) is 0 Å². The van der Waals surface area contributed by atoms with Gasteiger partial charge in [0.2, 0.25) is 0 Å². The molecule has 0 bridgehead atoms. The van der Waals surface area contributed by atoms with Crippen LogP contribution in [-0.2, 0) is 4.79 Å². The number of carbonyl (C=O) groups excluding carboxylic acids is 1. The average molecular weight is 219 g/mol. The van der Waals surface area contributed by atoms with Gasteiger partial charge in [0, 0.05) is 24.6 Å². The van der Waals surface area contributed by atoms with Gasteiger partial charge in [-0.05, 0) is 18.6 Å². The Morgan fingerprint density at radius 3 is 2.62 bits per heavy atom. The third-order valence-corrected chi connectivity index (χ3v) is 2.71. The van der Waals surface area contributed by atoms with Gasteiger partial charge in [0.05, 0.1) is 0 Å². The predicted molar refractivity (Wildman–Crippen MR) is 68.6 cm³/mol. The highest BCUT2D eigenvalue weighted by Gasteiger charge is 2.11. The average Bonchev–Trinajstić information content (AvgIpc) is 2.34. The van der Waals surface area contributed by atoms with E-state index in [0.717, 1.165) is 25.1 Å². The van der Waals surface area contributed by atoms with Crippen LogP contribution < -0.4 is 5.32 Å². The molecule has 0 radical (unpaired) electrons. The zero-order valence-electron chi connectivity index (χ0n) is 10.2. The first-order valence-electron chi connectivity index (χ1n) is 6.05. The highest BCUT2D eigenvalue weighted by molar-refractivity contribution is 5.81.